The van der Waals surface area contributed by atoms with E-state index in [4.69, 9.17) is 10.2 Å². The van der Waals surface area contributed by atoms with Crippen LogP contribution in [0.1, 0.15) is 31.5 Å². The Labute approximate surface area is 149 Å². The Morgan fingerprint density at radius 1 is 0.920 bits per heavy atom. The van der Waals surface area contributed by atoms with Gasteiger partial charge in [0.25, 0.3) is 0 Å². The van der Waals surface area contributed by atoms with Crippen molar-refractivity contribution in [1.82, 2.24) is 20.3 Å². The Kier molecular flexibility index (Phi) is 5.96. The molecule has 0 spiro atoms. The second-order valence-corrected chi connectivity index (χ2v) is 6.74. The molecule has 0 fully saturated rings. The molecule has 25 heavy (non-hydrogen) atoms. The third-order valence-electron chi connectivity index (χ3n) is 4.13. The molecule has 1 aromatic heterocycles. The van der Waals surface area contributed by atoms with Crippen LogP contribution in [0.5, 0.6) is 0 Å². The lowest BCUT2D eigenvalue weighted by molar-refractivity contribution is 0.529. The first kappa shape index (κ1) is 17.4. The average Bonchev–Trinajstić information content (AvgIpc) is 3.03. The number of benzene rings is 2. The summed E-state index contributed by atoms with van der Waals surface area (Å²) in [4.78, 5) is 1.80. The van der Waals surface area contributed by atoms with Crippen molar-refractivity contribution in [2.45, 2.75) is 33.4 Å². The molecule has 130 valence electrons. The average molecular weight is 334 g/mol. The van der Waals surface area contributed by atoms with Crippen LogP contribution in [0.4, 0.5) is 0 Å². The third-order valence-corrected chi connectivity index (χ3v) is 4.13. The van der Waals surface area contributed by atoms with Gasteiger partial charge < -0.3 is 5.32 Å². The monoisotopic (exact) mass is 334 g/mol. The lowest BCUT2D eigenvalue weighted by atomic mass is 10.1. The number of hydrogen-bond donors (Lipinski definition) is 1. The van der Waals surface area contributed by atoms with Crippen molar-refractivity contribution in [2.24, 2.45) is 5.92 Å². The van der Waals surface area contributed by atoms with Gasteiger partial charge in [-0.3, -0.25) is 0 Å². The molecule has 4 heteroatoms. The number of nitrogens with zero attached hydrogens (tertiary/aromatic N) is 3. The molecular weight excluding hydrogens is 308 g/mol. The van der Waals surface area contributed by atoms with E-state index in [1.54, 1.807) is 4.80 Å². The Bertz CT molecular complexity index is 763. The molecule has 3 aromatic rings. The molecule has 0 atom stereocenters. The van der Waals surface area contributed by atoms with Gasteiger partial charge in [0.15, 0.2) is 0 Å². The molecule has 0 aliphatic rings. The number of nitrogens with one attached hydrogen (secondary N) is 1. The molecule has 0 saturated heterocycles. The summed E-state index contributed by atoms with van der Waals surface area (Å²) in [7, 11) is 0. The van der Waals surface area contributed by atoms with Gasteiger partial charge in [-0.25, -0.2) is 0 Å². The van der Waals surface area contributed by atoms with Crippen molar-refractivity contribution in [1.29, 1.82) is 0 Å². The second-order valence-electron chi connectivity index (χ2n) is 6.74. The van der Waals surface area contributed by atoms with Crippen molar-refractivity contribution < 1.29 is 0 Å². The topological polar surface area (TPSA) is 42.7 Å². The largest absolute Gasteiger partial charge is 0.311 e. The van der Waals surface area contributed by atoms with Crippen LogP contribution in [0.25, 0.3) is 11.3 Å². The maximum absolute atomic E-state index is 4.76. The third kappa shape index (κ3) is 5.00. The highest BCUT2D eigenvalue weighted by Crippen LogP contribution is 2.20. The SMILES string of the molecule is CC(C)CCNCc1nn(Cc2ccccc2)nc1-c1ccccc1. The zero-order chi connectivity index (χ0) is 17.5. The Balaban J connectivity index is 1.78. The number of aromatic nitrogens is 3. The van der Waals surface area contributed by atoms with Crippen molar-refractivity contribution in [3.63, 3.8) is 0 Å². The first-order chi connectivity index (χ1) is 12.2. The van der Waals surface area contributed by atoms with Gasteiger partial charge >= 0.3 is 0 Å². The molecule has 0 aliphatic carbocycles. The minimum Gasteiger partial charge on any atom is -0.311 e. The van der Waals surface area contributed by atoms with E-state index in [9.17, 15) is 0 Å². The summed E-state index contributed by atoms with van der Waals surface area (Å²) in [6, 6.07) is 20.6. The van der Waals surface area contributed by atoms with E-state index in [1.807, 2.05) is 36.4 Å². The maximum atomic E-state index is 4.76. The lowest BCUT2D eigenvalue weighted by Crippen LogP contribution is -2.17. The minimum absolute atomic E-state index is 0.687. The van der Waals surface area contributed by atoms with E-state index in [1.165, 1.54) is 12.0 Å². The first-order valence-corrected chi connectivity index (χ1v) is 8.96. The van der Waals surface area contributed by atoms with E-state index in [0.29, 0.717) is 12.5 Å². The highest BCUT2D eigenvalue weighted by Gasteiger charge is 2.13. The molecule has 4 nitrogen and oxygen atoms in total. The zero-order valence-electron chi connectivity index (χ0n) is 15.0. The van der Waals surface area contributed by atoms with Gasteiger partial charge in [-0.1, -0.05) is 74.5 Å². The van der Waals surface area contributed by atoms with E-state index >= 15 is 0 Å². The van der Waals surface area contributed by atoms with Crippen LogP contribution in [0.15, 0.2) is 60.7 Å². The van der Waals surface area contributed by atoms with Crippen LogP contribution in [0.2, 0.25) is 0 Å². The van der Waals surface area contributed by atoms with E-state index < -0.39 is 0 Å². The summed E-state index contributed by atoms with van der Waals surface area (Å²) in [5.41, 5.74) is 4.29. The first-order valence-electron chi connectivity index (χ1n) is 8.96. The molecule has 2 aromatic carbocycles. The molecule has 0 amide bonds. The van der Waals surface area contributed by atoms with Crippen LogP contribution in [-0.2, 0) is 13.1 Å². The fourth-order valence-electron chi connectivity index (χ4n) is 2.74. The molecule has 0 radical (unpaired) electrons. The smallest absolute Gasteiger partial charge is 0.117 e. The predicted molar refractivity (Wildman–Crippen MR) is 102 cm³/mol. The van der Waals surface area contributed by atoms with Crippen molar-refractivity contribution in [3.05, 3.63) is 71.9 Å². The van der Waals surface area contributed by atoms with E-state index in [-0.39, 0.29) is 0 Å². The van der Waals surface area contributed by atoms with Gasteiger partial charge in [-0.05, 0) is 24.4 Å². The molecule has 0 aliphatic heterocycles. The molecule has 0 bridgehead atoms. The van der Waals surface area contributed by atoms with Crippen molar-refractivity contribution in [2.75, 3.05) is 6.54 Å². The van der Waals surface area contributed by atoms with Crippen molar-refractivity contribution in [3.8, 4) is 11.3 Å². The van der Waals surface area contributed by atoms with Gasteiger partial charge in [0, 0.05) is 12.1 Å². The summed E-state index contributed by atoms with van der Waals surface area (Å²) in [5.74, 6) is 0.704. The fourth-order valence-corrected chi connectivity index (χ4v) is 2.74. The number of rotatable bonds is 8. The molecule has 0 unspecified atom stereocenters. The van der Waals surface area contributed by atoms with Gasteiger partial charge in [0.1, 0.15) is 11.4 Å². The van der Waals surface area contributed by atoms with E-state index in [2.05, 4.69) is 43.4 Å². The van der Waals surface area contributed by atoms with Gasteiger partial charge in [0.2, 0.25) is 0 Å². The highest BCUT2D eigenvalue weighted by atomic mass is 15.5. The summed E-state index contributed by atoms with van der Waals surface area (Å²) in [6.07, 6.45) is 1.17. The molecule has 3 rings (SSSR count). The molecule has 0 saturated carbocycles. The predicted octanol–water partition coefficient (Wildman–Crippen LogP) is 4.13. The zero-order valence-corrected chi connectivity index (χ0v) is 15.0. The summed E-state index contributed by atoms with van der Waals surface area (Å²) >= 11 is 0. The summed E-state index contributed by atoms with van der Waals surface area (Å²) in [5, 5.41) is 13.0. The molecular formula is C21H26N4. The molecule has 1 N–H and O–H groups in total. The minimum atomic E-state index is 0.687. The Morgan fingerprint density at radius 2 is 1.60 bits per heavy atom. The van der Waals surface area contributed by atoms with E-state index in [0.717, 1.165) is 30.0 Å². The van der Waals surface area contributed by atoms with Gasteiger partial charge in [-0.15, -0.1) is 0 Å². The maximum Gasteiger partial charge on any atom is 0.117 e. The van der Waals surface area contributed by atoms with Crippen molar-refractivity contribution >= 4 is 0 Å². The van der Waals surface area contributed by atoms with Gasteiger partial charge in [-0.2, -0.15) is 15.0 Å². The Morgan fingerprint density at radius 3 is 2.28 bits per heavy atom. The van der Waals surface area contributed by atoms with Crippen LogP contribution in [0, 0.1) is 5.92 Å². The standard InChI is InChI=1S/C21H26N4/c1-17(2)13-14-22-15-20-21(19-11-7-4-8-12-19)24-25(23-20)16-18-9-5-3-6-10-18/h3-12,17,22H,13-16H2,1-2H3. The van der Waals surface area contributed by atoms with Crippen LogP contribution >= 0.6 is 0 Å². The second kappa shape index (κ2) is 8.58. The van der Waals surface area contributed by atoms with Crippen LogP contribution < -0.4 is 5.32 Å². The van der Waals surface area contributed by atoms with Gasteiger partial charge in [0.05, 0.1) is 6.54 Å². The number of hydrogen-bond acceptors (Lipinski definition) is 3. The van der Waals surface area contributed by atoms with Crippen LogP contribution in [-0.4, -0.2) is 21.5 Å². The lowest BCUT2D eigenvalue weighted by Gasteiger charge is -2.06. The highest BCUT2D eigenvalue weighted by molar-refractivity contribution is 5.60. The summed E-state index contributed by atoms with van der Waals surface area (Å²) in [6.45, 7) is 6.91. The normalized spacial score (nSPS) is 11.2. The fraction of sp³-hybridized carbons (Fsp3) is 0.333. The summed E-state index contributed by atoms with van der Waals surface area (Å²) < 4.78 is 0. The molecule has 1 heterocycles. The Hall–Kier alpha value is -2.46. The quantitative estimate of drug-likeness (QED) is 0.630. The van der Waals surface area contributed by atoms with Crippen LogP contribution in [0.3, 0.4) is 0 Å².